The van der Waals surface area contributed by atoms with E-state index in [0.717, 1.165) is 19.6 Å². The standard InChI is InChI=1S/C18H30N2/c1-16(2)13-19-14-17-9-5-6-10-18(17)15-20-11-7-3-4-8-12-20/h5-6,9-10,16,19H,3-4,7-8,11-15H2,1-2H3. The fourth-order valence-corrected chi connectivity index (χ4v) is 2.91. The summed E-state index contributed by atoms with van der Waals surface area (Å²) in [6.07, 6.45) is 5.56. The quantitative estimate of drug-likeness (QED) is 0.848. The normalized spacial score (nSPS) is 17.4. The molecule has 1 saturated heterocycles. The van der Waals surface area contributed by atoms with Crippen molar-refractivity contribution in [2.45, 2.75) is 52.6 Å². The fourth-order valence-electron chi connectivity index (χ4n) is 2.91. The number of hydrogen-bond acceptors (Lipinski definition) is 2. The third kappa shape index (κ3) is 5.26. The molecule has 1 heterocycles. The third-order valence-corrected chi connectivity index (χ3v) is 4.08. The number of hydrogen-bond donors (Lipinski definition) is 1. The van der Waals surface area contributed by atoms with E-state index in [0.29, 0.717) is 5.92 Å². The smallest absolute Gasteiger partial charge is 0.0236 e. The Hall–Kier alpha value is -0.860. The Labute approximate surface area is 124 Å². The minimum absolute atomic E-state index is 0.716. The monoisotopic (exact) mass is 274 g/mol. The van der Waals surface area contributed by atoms with Crippen LogP contribution in [0.4, 0.5) is 0 Å². The summed E-state index contributed by atoms with van der Waals surface area (Å²) >= 11 is 0. The molecule has 0 amide bonds. The van der Waals surface area contributed by atoms with Crippen LogP contribution in [0.5, 0.6) is 0 Å². The van der Waals surface area contributed by atoms with Crippen LogP contribution in [0.25, 0.3) is 0 Å². The van der Waals surface area contributed by atoms with Gasteiger partial charge >= 0.3 is 0 Å². The maximum atomic E-state index is 3.57. The molecule has 1 aliphatic heterocycles. The lowest BCUT2D eigenvalue weighted by molar-refractivity contribution is 0.276. The molecule has 1 aliphatic rings. The highest BCUT2D eigenvalue weighted by atomic mass is 15.1. The van der Waals surface area contributed by atoms with Gasteiger partial charge in [0.05, 0.1) is 0 Å². The number of likely N-dealkylation sites (tertiary alicyclic amines) is 1. The Morgan fingerprint density at radius 1 is 1.00 bits per heavy atom. The molecule has 112 valence electrons. The lowest BCUT2D eigenvalue weighted by Crippen LogP contribution is -2.25. The van der Waals surface area contributed by atoms with Gasteiger partial charge in [0, 0.05) is 13.1 Å². The molecular formula is C18H30N2. The predicted molar refractivity (Wildman–Crippen MR) is 86.7 cm³/mol. The number of benzene rings is 1. The first-order valence-electron chi connectivity index (χ1n) is 8.25. The first kappa shape index (κ1) is 15.5. The molecule has 2 heteroatoms. The second-order valence-corrected chi connectivity index (χ2v) is 6.48. The zero-order valence-corrected chi connectivity index (χ0v) is 13.2. The molecule has 1 fully saturated rings. The van der Waals surface area contributed by atoms with Gasteiger partial charge in [-0.3, -0.25) is 4.90 Å². The van der Waals surface area contributed by atoms with Crippen LogP contribution in [-0.4, -0.2) is 24.5 Å². The van der Waals surface area contributed by atoms with Gasteiger partial charge in [-0.25, -0.2) is 0 Å². The largest absolute Gasteiger partial charge is 0.312 e. The summed E-state index contributed by atoms with van der Waals surface area (Å²) in [5, 5.41) is 3.57. The molecular weight excluding hydrogens is 244 g/mol. The molecule has 0 atom stereocenters. The molecule has 1 aromatic carbocycles. The van der Waals surface area contributed by atoms with Crippen molar-refractivity contribution in [2.75, 3.05) is 19.6 Å². The van der Waals surface area contributed by atoms with Crippen molar-refractivity contribution in [3.8, 4) is 0 Å². The second-order valence-electron chi connectivity index (χ2n) is 6.48. The molecule has 2 rings (SSSR count). The Bertz CT molecular complexity index is 379. The van der Waals surface area contributed by atoms with Crippen molar-refractivity contribution in [3.05, 3.63) is 35.4 Å². The van der Waals surface area contributed by atoms with Crippen LogP contribution >= 0.6 is 0 Å². The van der Waals surface area contributed by atoms with Gasteiger partial charge in [-0.1, -0.05) is 51.0 Å². The van der Waals surface area contributed by atoms with Gasteiger partial charge in [0.2, 0.25) is 0 Å². The van der Waals surface area contributed by atoms with Crippen molar-refractivity contribution < 1.29 is 0 Å². The molecule has 0 aromatic heterocycles. The Kier molecular flexibility index (Phi) is 6.55. The van der Waals surface area contributed by atoms with Crippen LogP contribution in [0, 0.1) is 5.92 Å². The molecule has 0 bridgehead atoms. The highest BCUT2D eigenvalue weighted by molar-refractivity contribution is 5.27. The van der Waals surface area contributed by atoms with E-state index in [4.69, 9.17) is 0 Å². The summed E-state index contributed by atoms with van der Waals surface area (Å²) in [6, 6.07) is 8.93. The van der Waals surface area contributed by atoms with Crippen LogP contribution in [0.2, 0.25) is 0 Å². The summed E-state index contributed by atoms with van der Waals surface area (Å²) < 4.78 is 0. The SMILES string of the molecule is CC(C)CNCc1ccccc1CN1CCCCCC1. The van der Waals surface area contributed by atoms with Crippen LogP contribution in [0.3, 0.4) is 0 Å². The van der Waals surface area contributed by atoms with E-state index in [1.54, 1.807) is 0 Å². The van der Waals surface area contributed by atoms with Crippen molar-refractivity contribution >= 4 is 0 Å². The van der Waals surface area contributed by atoms with Crippen LogP contribution < -0.4 is 5.32 Å². The molecule has 0 unspecified atom stereocenters. The lowest BCUT2D eigenvalue weighted by atomic mass is 10.1. The zero-order chi connectivity index (χ0) is 14.2. The van der Waals surface area contributed by atoms with Gasteiger partial charge in [0.15, 0.2) is 0 Å². The minimum atomic E-state index is 0.716. The van der Waals surface area contributed by atoms with Crippen LogP contribution in [0.1, 0.15) is 50.7 Å². The summed E-state index contributed by atoms with van der Waals surface area (Å²) in [5.41, 5.74) is 2.98. The summed E-state index contributed by atoms with van der Waals surface area (Å²) in [6.45, 7) is 10.3. The predicted octanol–water partition coefficient (Wildman–Crippen LogP) is 3.81. The van der Waals surface area contributed by atoms with Crippen molar-refractivity contribution in [2.24, 2.45) is 5.92 Å². The van der Waals surface area contributed by atoms with E-state index in [1.165, 1.54) is 49.9 Å². The number of nitrogens with one attached hydrogen (secondary N) is 1. The summed E-state index contributed by atoms with van der Waals surface area (Å²) in [7, 11) is 0. The average Bonchev–Trinajstić information content (AvgIpc) is 2.69. The van der Waals surface area contributed by atoms with E-state index in [1.807, 2.05) is 0 Å². The first-order valence-corrected chi connectivity index (χ1v) is 8.25. The maximum Gasteiger partial charge on any atom is 0.0236 e. The minimum Gasteiger partial charge on any atom is -0.312 e. The van der Waals surface area contributed by atoms with Gasteiger partial charge in [-0.2, -0.15) is 0 Å². The maximum absolute atomic E-state index is 3.57. The van der Waals surface area contributed by atoms with E-state index in [2.05, 4.69) is 48.3 Å². The number of rotatable bonds is 6. The first-order chi connectivity index (χ1) is 9.75. The van der Waals surface area contributed by atoms with Gasteiger partial charge in [0.25, 0.3) is 0 Å². The molecule has 20 heavy (non-hydrogen) atoms. The van der Waals surface area contributed by atoms with E-state index in [-0.39, 0.29) is 0 Å². The molecule has 0 spiro atoms. The molecule has 0 radical (unpaired) electrons. The van der Waals surface area contributed by atoms with Gasteiger partial charge in [-0.05, 0) is 49.5 Å². The molecule has 2 nitrogen and oxygen atoms in total. The molecule has 1 aromatic rings. The van der Waals surface area contributed by atoms with Gasteiger partial charge in [-0.15, -0.1) is 0 Å². The Balaban J connectivity index is 1.92. The third-order valence-electron chi connectivity index (χ3n) is 4.08. The van der Waals surface area contributed by atoms with Gasteiger partial charge < -0.3 is 5.32 Å². The van der Waals surface area contributed by atoms with Gasteiger partial charge in [0.1, 0.15) is 0 Å². The average molecular weight is 274 g/mol. The zero-order valence-electron chi connectivity index (χ0n) is 13.2. The van der Waals surface area contributed by atoms with Crippen molar-refractivity contribution in [3.63, 3.8) is 0 Å². The Morgan fingerprint density at radius 3 is 2.30 bits per heavy atom. The van der Waals surface area contributed by atoms with E-state index < -0.39 is 0 Å². The second kappa shape index (κ2) is 8.43. The Morgan fingerprint density at radius 2 is 1.65 bits per heavy atom. The summed E-state index contributed by atoms with van der Waals surface area (Å²) in [5.74, 6) is 0.716. The number of nitrogens with zero attached hydrogens (tertiary/aromatic N) is 1. The highest BCUT2D eigenvalue weighted by Gasteiger charge is 2.11. The van der Waals surface area contributed by atoms with Crippen LogP contribution in [-0.2, 0) is 13.1 Å². The molecule has 0 aliphatic carbocycles. The fraction of sp³-hybridized carbons (Fsp3) is 0.667. The van der Waals surface area contributed by atoms with E-state index >= 15 is 0 Å². The lowest BCUT2D eigenvalue weighted by Gasteiger charge is -2.21. The molecule has 1 N–H and O–H groups in total. The highest BCUT2D eigenvalue weighted by Crippen LogP contribution is 2.16. The van der Waals surface area contributed by atoms with E-state index in [9.17, 15) is 0 Å². The van der Waals surface area contributed by atoms with Crippen molar-refractivity contribution in [1.29, 1.82) is 0 Å². The topological polar surface area (TPSA) is 15.3 Å². The van der Waals surface area contributed by atoms with Crippen molar-refractivity contribution in [1.82, 2.24) is 10.2 Å². The van der Waals surface area contributed by atoms with Crippen LogP contribution in [0.15, 0.2) is 24.3 Å². The summed E-state index contributed by atoms with van der Waals surface area (Å²) in [4.78, 5) is 2.63. The molecule has 0 saturated carbocycles.